The third-order valence-electron chi connectivity index (χ3n) is 11.9. The summed E-state index contributed by atoms with van der Waals surface area (Å²) in [5.74, 6) is 1.60. The summed E-state index contributed by atoms with van der Waals surface area (Å²) in [6, 6.07) is 58.4. The molecule has 325 valence electrons. The summed E-state index contributed by atoms with van der Waals surface area (Å²) in [5, 5.41) is 10.3. The molecule has 0 fully saturated rings. The van der Waals surface area contributed by atoms with Gasteiger partial charge in [-0.05, 0) is 79.0 Å². The van der Waals surface area contributed by atoms with E-state index in [1.54, 1.807) is 0 Å². The van der Waals surface area contributed by atoms with Crippen LogP contribution in [0.25, 0.3) is 44.1 Å². The average Bonchev–Trinajstić information content (AvgIpc) is 3.88. The Kier molecular flexibility index (Phi) is 13.4. The second-order valence-electron chi connectivity index (χ2n) is 19.2. The molecule has 1 aliphatic rings. The molecule has 1 aromatic heterocycles. The van der Waals surface area contributed by atoms with E-state index >= 15 is 0 Å². The number of fused-ring (bicyclic) bond motifs is 3. The Hall–Kier alpha value is -5.65. The van der Waals surface area contributed by atoms with Crippen molar-refractivity contribution in [2.24, 2.45) is 5.10 Å². The minimum Gasteiger partial charge on any atom is -0.657 e. The van der Waals surface area contributed by atoms with Gasteiger partial charge in [-0.1, -0.05) is 221 Å². The van der Waals surface area contributed by atoms with E-state index in [4.69, 9.17) is 5.10 Å². The smallest absolute Gasteiger partial charge is 0.129 e. The van der Waals surface area contributed by atoms with Crippen LogP contribution in [-0.2, 0) is 33.2 Å². The van der Waals surface area contributed by atoms with Gasteiger partial charge in [0.2, 0.25) is 0 Å². The molecule has 0 atom stereocenters. The van der Waals surface area contributed by atoms with Crippen LogP contribution >= 0.6 is 0 Å². The number of amidine groups is 1. The van der Waals surface area contributed by atoms with Crippen LogP contribution in [0.1, 0.15) is 109 Å². The van der Waals surface area contributed by atoms with Crippen molar-refractivity contribution in [3.8, 4) is 22.3 Å². The van der Waals surface area contributed by atoms with Gasteiger partial charge >= 0.3 is 0 Å². The number of hydrogen-bond donors (Lipinski definition) is 0. The largest absolute Gasteiger partial charge is 0.657 e. The summed E-state index contributed by atoms with van der Waals surface area (Å²) in [5.41, 5.74) is 15.4. The summed E-state index contributed by atoms with van der Waals surface area (Å²) in [7, 11) is 0. The fourth-order valence-electron chi connectivity index (χ4n) is 8.44. The summed E-state index contributed by atoms with van der Waals surface area (Å²) in [4.78, 5) is 6.90. The monoisotopic (exact) mass is 1010 g/mol. The second-order valence-corrected chi connectivity index (χ2v) is 19.2. The molecule has 4 nitrogen and oxygen atoms in total. The molecule has 0 bridgehead atoms. The van der Waals surface area contributed by atoms with Gasteiger partial charge in [-0.25, -0.2) is 0 Å². The summed E-state index contributed by atoms with van der Waals surface area (Å²) in [6.07, 6.45) is 0. The number of benzene rings is 7. The molecular formula is C58H60AuN4-2. The van der Waals surface area contributed by atoms with E-state index in [1.807, 2.05) is 12.1 Å². The van der Waals surface area contributed by atoms with Gasteiger partial charge in [0.15, 0.2) is 0 Å². The normalized spacial score (nSPS) is 13.0. The van der Waals surface area contributed by atoms with Crippen molar-refractivity contribution in [2.45, 2.75) is 91.9 Å². The van der Waals surface area contributed by atoms with Crippen LogP contribution in [0, 0.1) is 6.67 Å². The van der Waals surface area contributed by atoms with Crippen molar-refractivity contribution >= 4 is 39.0 Å². The fourth-order valence-corrected chi connectivity index (χ4v) is 8.44. The maximum atomic E-state index is 5.63. The first-order valence-corrected chi connectivity index (χ1v) is 22.1. The van der Waals surface area contributed by atoms with Crippen LogP contribution in [0.3, 0.4) is 0 Å². The van der Waals surface area contributed by atoms with Crippen molar-refractivity contribution in [1.82, 2.24) is 4.98 Å². The van der Waals surface area contributed by atoms with Crippen LogP contribution in [0.2, 0.25) is 0 Å². The number of nitrogens with zero attached hydrogens (tertiary/aromatic N) is 4. The number of aromatic nitrogens is 1. The molecule has 1 aliphatic heterocycles. The van der Waals surface area contributed by atoms with Gasteiger partial charge in [-0.15, -0.1) is 17.7 Å². The standard InChI is InChI=1S/C46H52N3.C12H8N.Au/c1-31(2)38-23-17-24-39(32(3)4)42(38)48-30-49(47-44(48)35-27-36(45(5,6)7)29-37(28-35)46(8,9)10)43-40(33-19-13-11-14-20-33)25-18-26-41(43)34-21-15-12-16-22-34;1-3-7-11-9(5-1)10-6-2-4-8-12(10)13-11;/h11-32H,1-10H3;1-8H;/q2*-1;. The summed E-state index contributed by atoms with van der Waals surface area (Å²) >= 11 is 0. The van der Waals surface area contributed by atoms with E-state index in [0.717, 1.165) is 50.4 Å². The van der Waals surface area contributed by atoms with Crippen LogP contribution in [0.5, 0.6) is 0 Å². The van der Waals surface area contributed by atoms with Gasteiger partial charge in [-0.3, -0.25) is 0 Å². The third kappa shape index (κ3) is 9.50. The van der Waals surface area contributed by atoms with Crippen LogP contribution in [0.15, 0.2) is 169 Å². The number of rotatable bonds is 7. The Bertz CT molecular complexity index is 2690. The molecule has 2 heterocycles. The van der Waals surface area contributed by atoms with Crippen molar-refractivity contribution in [3.63, 3.8) is 0 Å². The molecule has 0 saturated carbocycles. The molecule has 7 aromatic carbocycles. The average molecular weight is 1010 g/mol. The van der Waals surface area contributed by atoms with E-state index < -0.39 is 0 Å². The topological polar surface area (TPSA) is 32.9 Å². The Morgan fingerprint density at radius 1 is 0.476 bits per heavy atom. The zero-order valence-electron chi connectivity index (χ0n) is 38.4. The maximum absolute atomic E-state index is 5.63. The third-order valence-corrected chi connectivity index (χ3v) is 11.9. The number of anilines is 2. The molecule has 9 rings (SSSR count). The van der Waals surface area contributed by atoms with Crippen LogP contribution in [0.4, 0.5) is 11.4 Å². The van der Waals surface area contributed by atoms with Crippen molar-refractivity contribution in [3.05, 3.63) is 198 Å². The number of hydrogen-bond acceptors (Lipinski definition) is 3. The zero-order valence-corrected chi connectivity index (χ0v) is 40.6. The predicted octanol–water partition coefficient (Wildman–Crippen LogP) is 15.6. The molecule has 0 spiro atoms. The van der Waals surface area contributed by atoms with E-state index in [9.17, 15) is 0 Å². The van der Waals surface area contributed by atoms with Gasteiger partial charge in [0.1, 0.15) is 5.84 Å². The van der Waals surface area contributed by atoms with Gasteiger partial charge in [0.05, 0.1) is 0 Å². The molecule has 0 amide bonds. The molecule has 0 N–H and O–H groups in total. The molecule has 0 unspecified atom stereocenters. The van der Waals surface area contributed by atoms with E-state index in [2.05, 4.69) is 242 Å². The van der Waals surface area contributed by atoms with E-state index in [1.165, 1.54) is 38.7 Å². The second kappa shape index (κ2) is 18.6. The quantitative estimate of drug-likeness (QED) is 0.118. The van der Waals surface area contributed by atoms with E-state index in [-0.39, 0.29) is 33.2 Å². The molecule has 5 heteroatoms. The zero-order chi connectivity index (χ0) is 43.8. The molecule has 0 saturated heterocycles. The summed E-state index contributed by atoms with van der Waals surface area (Å²) in [6.45, 7) is 25.2. The molecule has 8 aromatic rings. The summed E-state index contributed by atoms with van der Waals surface area (Å²) < 4.78 is 0. The van der Waals surface area contributed by atoms with Gasteiger partial charge in [0, 0.05) is 50.4 Å². The van der Waals surface area contributed by atoms with Crippen molar-refractivity contribution in [1.29, 1.82) is 0 Å². The van der Waals surface area contributed by atoms with Crippen molar-refractivity contribution < 1.29 is 22.4 Å². The van der Waals surface area contributed by atoms with Gasteiger partial charge < -0.3 is 14.9 Å². The first-order valence-electron chi connectivity index (χ1n) is 22.1. The van der Waals surface area contributed by atoms with E-state index in [0.29, 0.717) is 11.8 Å². The van der Waals surface area contributed by atoms with Crippen molar-refractivity contribution in [2.75, 3.05) is 9.91 Å². The Morgan fingerprint density at radius 3 is 1.35 bits per heavy atom. The number of para-hydroxylation sites is 4. The molecular weight excluding hydrogens is 950 g/mol. The first-order chi connectivity index (χ1) is 29.7. The Labute approximate surface area is 391 Å². The van der Waals surface area contributed by atoms with Gasteiger partial charge in [-0.2, -0.15) is 5.10 Å². The SMILES string of the molecule is CC(C)c1cccc(C(C)C)c1N1[CH-]N(c2c(-c3ccccc3)cccc2-c2ccccc2)N=C1c1cc(C(C)(C)C)cc(C(C)(C)C)c1.[Au].c1ccc2c(c1)[n-]c1ccccc12. The predicted molar refractivity (Wildman–Crippen MR) is 266 cm³/mol. The van der Waals surface area contributed by atoms with Gasteiger partial charge in [0.25, 0.3) is 0 Å². The fraction of sp³-hybridized carbons (Fsp3) is 0.241. The first kappa shape index (κ1) is 45.4. The molecule has 1 radical (unpaired) electrons. The van der Waals surface area contributed by atoms with Crippen LogP contribution < -0.4 is 14.9 Å². The minimum absolute atomic E-state index is 0. The Morgan fingerprint density at radius 2 is 0.905 bits per heavy atom. The molecule has 63 heavy (non-hydrogen) atoms. The minimum atomic E-state index is -0.0251. The van der Waals surface area contributed by atoms with Crippen LogP contribution in [-0.4, -0.2) is 5.84 Å². The molecule has 0 aliphatic carbocycles. The maximum Gasteiger partial charge on any atom is 0.129 e. The number of hydrazone groups is 1. The Balaban J connectivity index is 0.000000359.